The molecule has 2 atom stereocenters. The van der Waals surface area contributed by atoms with Crippen molar-refractivity contribution in [2.45, 2.75) is 63.3 Å². The Balaban J connectivity index is 2.22. The van der Waals surface area contributed by atoms with Crippen molar-refractivity contribution in [1.29, 1.82) is 0 Å². The van der Waals surface area contributed by atoms with Gasteiger partial charge < -0.3 is 5.32 Å². The lowest BCUT2D eigenvalue weighted by Gasteiger charge is -2.20. The van der Waals surface area contributed by atoms with Gasteiger partial charge in [-0.3, -0.25) is 0 Å². The number of thioether (sulfide) groups is 1. The maximum Gasteiger partial charge on any atom is 0.00805 e. The lowest BCUT2D eigenvalue weighted by molar-refractivity contribution is 0.412. The highest BCUT2D eigenvalue weighted by Gasteiger charge is 2.24. The zero-order valence-corrected chi connectivity index (χ0v) is 9.99. The number of hydrogen-bond acceptors (Lipinski definition) is 2. The Kier molecular flexibility index (Phi) is 5.18. The topological polar surface area (TPSA) is 12.0 Å². The van der Waals surface area contributed by atoms with Gasteiger partial charge in [0.2, 0.25) is 0 Å². The Bertz CT molecular complexity index is 134. The Labute approximate surface area is 87.1 Å². The summed E-state index contributed by atoms with van der Waals surface area (Å²) in [6.45, 7) is 4.56. The molecule has 2 heteroatoms. The molecule has 1 N–H and O–H groups in total. The normalized spacial score (nSPS) is 28.6. The lowest BCUT2D eigenvalue weighted by atomic mass is 10.1. The van der Waals surface area contributed by atoms with E-state index in [2.05, 4.69) is 25.4 Å². The summed E-state index contributed by atoms with van der Waals surface area (Å²) in [5.74, 6) is 0. The Morgan fingerprint density at radius 1 is 1.31 bits per heavy atom. The van der Waals surface area contributed by atoms with Gasteiger partial charge in [-0.25, -0.2) is 0 Å². The van der Waals surface area contributed by atoms with Gasteiger partial charge in [-0.15, -0.1) is 0 Å². The molecule has 0 spiro atoms. The van der Waals surface area contributed by atoms with Gasteiger partial charge >= 0.3 is 0 Å². The molecule has 78 valence electrons. The molecule has 0 saturated heterocycles. The molecule has 0 aromatic rings. The van der Waals surface area contributed by atoms with Crippen LogP contribution in [0.4, 0.5) is 0 Å². The van der Waals surface area contributed by atoms with Crippen molar-refractivity contribution in [3.8, 4) is 0 Å². The van der Waals surface area contributed by atoms with Crippen LogP contribution >= 0.6 is 11.8 Å². The molecule has 1 aliphatic carbocycles. The van der Waals surface area contributed by atoms with E-state index in [9.17, 15) is 0 Å². The molecule has 1 rings (SSSR count). The lowest BCUT2D eigenvalue weighted by Crippen LogP contribution is -2.36. The summed E-state index contributed by atoms with van der Waals surface area (Å²) in [5, 5.41) is 4.69. The molecule has 1 saturated carbocycles. The molecular weight excluding hydrogens is 178 g/mol. The summed E-state index contributed by atoms with van der Waals surface area (Å²) < 4.78 is 0. The highest BCUT2D eigenvalue weighted by atomic mass is 32.2. The fourth-order valence-corrected chi connectivity index (χ4v) is 2.96. The van der Waals surface area contributed by atoms with Gasteiger partial charge in [-0.1, -0.05) is 13.8 Å². The zero-order valence-electron chi connectivity index (χ0n) is 9.18. The second-order valence-corrected chi connectivity index (χ2v) is 5.19. The molecule has 0 heterocycles. The van der Waals surface area contributed by atoms with Crippen LogP contribution in [0.25, 0.3) is 0 Å². The van der Waals surface area contributed by atoms with Crippen LogP contribution in [0.2, 0.25) is 0 Å². The molecule has 0 aromatic heterocycles. The predicted octanol–water partition coefficient (Wildman–Crippen LogP) is 3.05. The van der Waals surface area contributed by atoms with Crippen molar-refractivity contribution in [1.82, 2.24) is 5.32 Å². The molecule has 0 aliphatic heterocycles. The van der Waals surface area contributed by atoms with E-state index in [1.54, 1.807) is 0 Å². The second-order valence-electron chi connectivity index (χ2n) is 4.05. The van der Waals surface area contributed by atoms with E-state index >= 15 is 0 Å². The summed E-state index contributed by atoms with van der Waals surface area (Å²) in [7, 11) is 0. The summed E-state index contributed by atoms with van der Waals surface area (Å²) in [5.41, 5.74) is 0. The number of rotatable bonds is 5. The molecule has 1 aliphatic rings. The van der Waals surface area contributed by atoms with Crippen LogP contribution in [0.5, 0.6) is 0 Å². The van der Waals surface area contributed by atoms with Crippen LogP contribution in [-0.4, -0.2) is 23.6 Å². The molecule has 0 radical (unpaired) electrons. The fraction of sp³-hybridized carbons (Fsp3) is 1.00. The van der Waals surface area contributed by atoms with Crippen molar-refractivity contribution in [3.63, 3.8) is 0 Å². The first-order valence-electron chi connectivity index (χ1n) is 5.59. The first-order valence-corrected chi connectivity index (χ1v) is 6.87. The third-order valence-corrected chi connectivity index (χ3v) is 4.27. The van der Waals surface area contributed by atoms with E-state index in [0.29, 0.717) is 0 Å². The maximum absolute atomic E-state index is 3.77. The van der Waals surface area contributed by atoms with E-state index in [4.69, 9.17) is 0 Å². The number of hydrogen-bond donors (Lipinski definition) is 1. The van der Waals surface area contributed by atoms with Crippen LogP contribution in [0.1, 0.15) is 46.0 Å². The van der Waals surface area contributed by atoms with E-state index in [-0.39, 0.29) is 0 Å². The standard InChI is InChI=1S/C11H23NS/c1-4-9(5-2)12-10-6-7-11(8-10)13-3/h9-12H,4-8H2,1-3H3. The monoisotopic (exact) mass is 201 g/mol. The Hall–Kier alpha value is 0.310. The van der Waals surface area contributed by atoms with Gasteiger partial charge in [-0.2, -0.15) is 11.8 Å². The van der Waals surface area contributed by atoms with Crippen molar-refractivity contribution in [2.75, 3.05) is 6.26 Å². The van der Waals surface area contributed by atoms with E-state index in [1.165, 1.54) is 32.1 Å². The van der Waals surface area contributed by atoms with Gasteiger partial charge in [-0.05, 0) is 38.4 Å². The van der Waals surface area contributed by atoms with Gasteiger partial charge in [0.05, 0.1) is 0 Å². The van der Waals surface area contributed by atoms with Gasteiger partial charge in [0, 0.05) is 17.3 Å². The maximum atomic E-state index is 3.77. The van der Waals surface area contributed by atoms with E-state index < -0.39 is 0 Å². The fourth-order valence-electron chi connectivity index (χ4n) is 2.16. The molecule has 0 aromatic carbocycles. The molecule has 0 amide bonds. The molecule has 13 heavy (non-hydrogen) atoms. The number of nitrogens with one attached hydrogen (secondary N) is 1. The Morgan fingerprint density at radius 3 is 2.46 bits per heavy atom. The van der Waals surface area contributed by atoms with E-state index in [1.807, 2.05) is 11.8 Å². The van der Waals surface area contributed by atoms with Gasteiger partial charge in [0.15, 0.2) is 0 Å². The van der Waals surface area contributed by atoms with Crippen molar-refractivity contribution < 1.29 is 0 Å². The van der Waals surface area contributed by atoms with Crippen LogP contribution < -0.4 is 5.32 Å². The molecular formula is C11H23NS. The van der Waals surface area contributed by atoms with Crippen LogP contribution in [0.15, 0.2) is 0 Å². The van der Waals surface area contributed by atoms with Crippen LogP contribution in [-0.2, 0) is 0 Å². The first-order chi connectivity index (χ1) is 6.30. The zero-order chi connectivity index (χ0) is 9.68. The summed E-state index contributed by atoms with van der Waals surface area (Å²) in [6.07, 6.45) is 8.98. The van der Waals surface area contributed by atoms with Gasteiger partial charge in [0.25, 0.3) is 0 Å². The summed E-state index contributed by atoms with van der Waals surface area (Å²) in [4.78, 5) is 0. The minimum absolute atomic E-state index is 0.755. The minimum Gasteiger partial charge on any atom is -0.311 e. The quantitative estimate of drug-likeness (QED) is 0.734. The highest BCUT2D eigenvalue weighted by Crippen LogP contribution is 2.28. The first kappa shape index (κ1) is 11.4. The van der Waals surface area contributed by atoms with Crippen molar-refractivity contribution >= 4 is 11.8 Å². The largest absolute Gasteiger partial charge is 0.311 e. The molecule has 2 unspecified atom stereocenters. The third kappa shape index (κ3) is 3.51. The van der Waals surface area contributed by atoms with Crippen LogP contribution in [0, 0.1) is 0 Å². The summed E-state index contributed by atoms with van der Waals surface area (Å²) >= 11 is 2.04. The molecule has 0 bridgehead atoms. The highest BCUT2D eigenvalue weighted by molar-refractivity contribution is 7.99. The Morgan fingerprint density at radius 2 is 2.00 bits per heavy atom. The molecule has 1 nitrogen and oxygen atoms in total. The average Bonchev–Trinajstić information content (AvgIpc) is 2.61. The second kappa shape index (κ2) is 5.92. The average molecular weight is 201 g/mol. The van der Waals surface area contributed by atoms with E-state index in [0.717, 1.165) is 17.3 Å². The van der Waals surface area contributed by atoms with Crippen molar-refractivity contribution in [2.24, 2.45) is 0 Å². The minimum atomic E-state index is 0.755. The smallest absolute Gasteiger partial charge is 0.00805 e. The predicted molar refractivity (Wildman–Crippen MR) is 62.4 cm³/mol. The SMILES string of the molecule is CCC(CC)NC1CCC(SC)C1. The third-order valence-electron chi connectivity index (χ3n) is 3.17. The molecule has 1 fully saturated rings. The van der Waals surface area contributed by atoms with Gasteiger partial charge in [0.1, 0.15) is 0 Å². The summed E-state index contributed by atoms with van der Waals surface area (Å²) in [6, 6.07) is 1.56. The van der Waals surface area contributed by atoms with Crippen molar-refractivity contribution in [3.05, 3.63) is 0 Å². The van der Waals surface area contributed by atoms with Crippen LogP contribution in [0.3, 0.4) is 0 Å².